The third-order valence-electron chi connectivity index (χ3n) is 3.33. The molecular weight excluding hydrogens is 264 g/mol. The Kier molecular flexibility index (Phi) is 5.24. The van der Waals surface area contributed by atoms with Gasteiger partial charge in [0.05, 0.1) is 6.54 Å². The van der Waals surface area contributed by atoms with Crippen molar-refractivity contribution in [2.24, 2.45) is 0 Å². The summed E-state index contributed by atoms with van der Waals surface area (Å²) in [4.78, 5) is 14.1. The molecule has 1 aromatic heterocycles. The first-order valence-corrected chi connectivity index (χ1v) is 7.45. The highest BCUT2D eigenvalue weighted by Crippen LogP contribution is 2.19. The van der Waals surface area contributed by atoms with Gasteiger partial charge in [-0.05, 0) is 32.7 Å². The van der Waals surface area contributed by atoms with E-state index in [0.717, 1.165) is 30.8 Å². The second-order valence-electron chi connectivity index (χ2n) is 4.81. The van der Waals surface area contributed by atoms with Crippen LogP contribution < -0.4 is 5.32 Å². The standard InChI is InChI=1S/C12H20N4O2S/c1-9-14-15-12(19-9)13-11(18)8-16-6-3-2-4-10(16)5-7-17/h10,17H,2-8H2,1H3,(H,13,15,18). The Morgan fingerprint density at radius 1 is 1.53 bits per heavy atom. The molecule has 0 aliphatic carbocycles. The van der Waals surface area contributed by atoms with Crippen molar-refractivity contribution < 1.29 is 9.90 Å². The van der Waals surface area contributed by atoms with Gasteiger partial charge < -0.3 is 5.11 Å². The predicted octanol–water partition coefficient (Wildman–Crippen LogP) is 1.02. The number of carbonyl (C=O) groups excluding carboxylic acids is 1. The maximum absolute atomic E-state index is 12.0. The van der Waals surface area contributed by atoms with Crippen molar-refractivity contribution in [1.82, 2.24) is 15.1 Å². The average molecular weight is 284 g/mol. The lowest BCUT2D eigenvalue weighted by Crippen LogP contribution is -2.44. The van der Waals surface area contributed by atoms with Gasteiger partial charge in [-0.1, -0.05) is 17.8 Å². The number of aliphatic hydroxyl groups is 1. The van der Waals surface area contributed by atoms with Gasteiger partial charge in [-0.3, -0.25) is 15.0 Å². The number of nitrogens with zero attached hydrogens (tertiary/aromatic N) is 3. The van der Waals surface area contributed by atoms with Gasteiger partial charge >= 0.3 is 0 Å². The molecule has 0 bridgehead atoms. The molecule has 0 saturated carbocycles. The monoisotopic (exact) mass is 284 g/mol. The summed E-state index contributed by atoms with van der Waals surface area (Å²) in [6.07, 6.45) is 4.10. The Morgan fingerprint density at radius 3 is 3.05 bits per heavy atom. The fourth-order valence-corrected chi connectivity index (χ4v) is 3.04. The lowest BCUT2D eigenvalue weighted by Gasteiger charge is -2.34. The second kappa shape index (κ2) is 6.93. The van der Waals surface area contributed by atoms with E-state index in [1.807, 2.05) is 6.92 Å². The van der Waals surface area contributed by atoms with Crippen LogP contribution in [0.1, 0.15) is 30.7 Å². The van der Waals surface area contributed by atoms with E-state index in [2.05, 4.69) is 20.4 Å². The summed E-state index contributed by atoms with van der Waals surface area (Å²) in [5.41, 5.74) is 0. The normalized spacial score (nSPS) is 20.4. The Morgan fingerprint density at radius 2 is 2.37 bits per heavy atom. The smallest absolute Gasteiger partial charge is 0.240 e. The Bertz CT molecular complexity index is 422. The average Bonchev–Trinajstić information content (AvgIpc) is 2.77. The Hall–Kier alpha value is -1.05. The van der Waals surface area contributed by atoms with Crippen LogP contribution >= 0.6 is 11.3 Å². The number of aryl methyl sites for hydroxylation is 1. The molecule has 2 heterocycles. The number of piperidine rings is 1. The molecule has 1 fully saturated rings. The number of likely N-dealkylation sites (tertiary alicyclic amines) is 1. The zero-order valence-corrected chi connectivity index (χ0v) is 11.9. The van der Waals surface area contributed by atoms with Crippen LogP contribution in [-0.2, 0) is 4.79 Å². The summed E-state index contributed by atoms with van der Waals surface area (Å²) in [7, 11) is 0. The Balaban J connectivity index is 1.86. The summed E-state index contributed by atoms with van der Waals surface area (Å²) in [5.74, 6) is -0.0546. The third-order valence-corrected chi connectivity index (χ3v) is 4.08. The van der Waals surface area contributed by atoms with E-state index in [0.29, 0.717) is 17.7 Å². The van der Waals surface area contributed by atoms with Crippen LogP contribution in [0.3, 0.4) is 0 Å². The summed E-state index contributed by atoms with van der Waals surface area (Å²) in [5, 5.41) is 21.0. The molecule has 19 heavy (non-hydrogen) atoms. The van der Waals surface area contributed by atoms with Gasteiger partial charge in [0, 0.05) is 12.6 Å². The quantitative estimate of drug-likeness (QED) is 0.844. The summed E-state index contributed by atoms with van der Waals surface area (Å²) in [6, 6.07) is 0.320. The van der Waals surface area contributed by atoms with Crippen molar-refractivity contribution in [3.8, 4) is 0 Å². The third kappa shape index (κ3) is 4.22. The lowest BCUT2D eigenvalue weighted by molar-refractivity contribution is -0.118. The van der Waals surface area contributed by atoms with E-state index < -0.39 is 0 Å². The molecule has 2 rings (SSSR count). The number of nitrogens with one attached hydrogen (secondary N) is 1. The molecule has 1 unspecified atom stereocenters. The van der Waals surface area contributed by atoms with E-state index in [1.165, 1.54) is 17.8 Å². The van der Waals surface area contributed by atoms with Crippen molar-refractivity contribution in [3.63, 3.8) is 0 Å². The largest absolute Gasteiger partial charge is 0.396 e. The highest BCUT2D eigenvalue weighted by molar-refractivity contribution is 7.15. The number of hydrogen-bond acceptors (Lipinski definition) is 6. The van der Waals surface area contributed by atoms with E-state index in [1.54, 1.807) is 0 Å². The van der Waals surface area contributed by atoms with Gasteiger partial charge in [0.1, 0.15) is 5.01 Å². The van der Waals surface area contributed by atoms with Crippen molar-refractivity contribution in [2.45, 2.75) is 38.6 Å². The topological polar surface area (TPSA) is 78.4 Å². The van der Waals surface area contributed by atoms with E-state index in [9.17, 15) is 4.79 Å². The fourth-order valence-electron chi connectivity index (χ4n) is 2.43. The highest BCUT2D eigenvalue weighted by atomic mass is 32.1. The first kappa shape index (κ1) is 14.4. The van der Waals surface area contributed by atoms with E-state index >= 15 is 0 Å². The number of amides is 1. The summed E-state index contributed by atoms with van der Waals surface area (Å²) >= 11 is 1.38. The molecule has 6 nitrogen and oxygen atoms in total. The molecule has 0 spiro atoms. The summed E-state index contributed by atoms with van der Waals surface area (Å²) < 4.78 is 0. The van der Waals surface area contributed by atoms with Crippen molar-refractivity contribution in [1.29, 1.82) is 0 Å². The molecule has 2 N–H and O–H groups in total. The molecule has 1 saturated heterocycles. The first-order chi connectivity index (χ1) is 9.19. The summed E-state index contributed by atoms with van der Waals surface area (Å²) in [6.45, 7) is 3.32. The van der Waals surface area contributed by atoms with Gasteiger partial charge in [0.2, 0.25) is 11.0 Å². The van der Waals surface area contributed by atoms with Crippen LogP contribution in [0.4, 0.5) is 5.13 Å². The zero-order valence-electron chi connectivity index (χ0n) is 11.1. The fraction of sp³-hybridized carbons (Fsp3) is 0.750. The lowest BCUT2D eigenvalue weighted by atomic mass is 10.00. The molecule has 1 aromatic rings. The molecule has 0 aromatic carbocycles. The van der Waals surface area contributed by atoms with Crippen LogP contribution in [0.15, 0.2) is 0 Å². The van der Waals surface area contributed by atoms with E-state index in [-0.39, 0.29) is 12.5 Å². The van der Waals surface area contributed by atoms with Crippen molar-refractivity contribution in [3.05, 3.63) is 5.01 Å². The molecule has 1 atom stereocenters. The number of carbonyl (C=O) groups is 1. The number of aliphatic hydroxyl groups excluding tert-OH is 1. The van der Waals surface area contributed by atoms with Crippen molar-refractivity contribution >= 4 is 22.4 Å². The van der Waals surface area contributed by atoms with Crippen LogP contribution in [0.25, 0.3) is 0 Å². The van der Waals surface area contributed by atoms with Gasteiger partial charge in [-0.2, -0.15) is 0 Å². The number of anilines is 1. The van der Waals surface area contributed by atoms with Crippen LogP contribution in [-0.4, -0.2) is 51.8 Å². The first-order valence-electron chi connectivity index (χ1n) is 6.64. The predicted molar refractivity (Wildman–Crippen MR) is 74.2 cm³/mol. The molecule has 1 aliphatic rings. The molecule has 1 amide bonds. The minimum absolute atomic E-state index is 0.0546. The van der Waals surface area contributed by atoms with Crippen molar-refractivity contribution in [2.75, 3.05) is 25.0 Å². The number of hydrogen-bond donors (Lipinski definition) is 2. The molecule has 0 radical (unpaired) electrons. The SMILES string of the molecule is Cc1nnc(NC(=O)CN2CCCCC2CCO)s1. The molecule has 106 valence electrons. The zero-order chi connectivity index (χ0) is 13.7. The number of aromatic nitrogens is 2. The van der Waals surface area contributed by atoms with Gasteiger partial charge in [0.15, 0.2) is 0 Å². The Labute approximate surface area is 116 Å². The van der Waals surface area contributed by atoms with E-state index in [4.69, 9.17) is 5.11 Å². The molecule has 1 aliphatic heterocycles. The maximum Gasteiger partial charge on any atom is 0.240 e. The van der Waals surface area contributed by atoms with Crippen LogP contribution in [0.2, 0.25) is 0 Å². The maximum atomic E-state index is 12.0. The molecule has 7 heteroatoms. The van der Waals surface area contributed by atoms with Gasteiger partial charge in [-0.25, -0.2) is 0 Å². The van der Waals surface area contributed by atoms with Gasteiger partial charge in [0.25, 0.3) is 0 Å². The van der Waals surface area contributed by atoms with Gasteiger partial charge in [-0.15, -0.1) is 10.2 Å². The number of rotatable bonds is 5. The van der Waals surface area contributed by atoms with Crippen LogP contribution in [0.5, 0.6) is 0 Å². The minimum Gasteiger partial charge on any atom is -0.396 e. The highest BCUT2D eigenvalue weighted by Gasteiger charge is 2.23. The van der Waals surface area contributed by atoms with Crippen LogP contribution in [0, 0.1) is 6.92 Å². The minimum atomic E-state index is -0.0546. The molecular formula is C12H20N4O2S. The second-order valence-corrected chi connectivity index (χ2v) is 5.99.